The lowest BCUT2D eigenvalue weighted by Crippen LogP contribution is -2.05. The molecule has 0 aliphatic heterocycles. The fraction of sp³-hybridized carbons (Fsp3) is 0.0345. The second-order valence-electron chi connectivity index (χ2n) is 7.83. The highest BCUT2D eigenvalue weighted by molar-refractivity contribution is 5.88. The van der Waals surface area contributed by atoms with Gasteiger partial charge in [0.1, 0.15) is 11.3 Å². The molecule has 4 heteroatoms. The Morgan fingerprint density at radius 1 is 0.697 bits per heavy atom. The summed E-state index contributed by atoms with van der Waals surface area (Å²) in [7, 11) is 0. The van der Waals surface area contributed by atoms with E-state index in [1.165, 1.54) is 6.07 Å². The summed E-state index contributed by atoms with van der Waals surface area (Å²) in [6, 6.07) is 32.6. The average molecular weight is 432 g/mol. The van der Waals surface area contributed by atoms with Gasteiger partial charge < -0.3 is 9.52 Å². The first-order chi connectivity index (χ1) is 16.1. The van der Waals surface area contributed by atoms with Gasteiger partial charge in [-0.15, -0.1) is 0 Å². The summed E-state index contributed by atoms with van der Waals surface area (Å²) in [4.78, 5) is 24.2. The summed E-state index contributed by atoms with van der Waals surface area (Å²) in [5.74, 6) is -0.573. The normalized spacial score (nSPS) is 10.9. The minimum Gasteiger partial charge on any atom is -0.481 e. The molecule has 1 aromatic heterocycles. The van der Waals surface area contributed by atoms with Gasteiger partial charge >= 0.3 is 5.97 Å². The summed E-state index contributed by atoms with van der Waals surface area (Å²) in [5.41, 5.74) is 5.56. The maximum absolute atomic E-state index is 12.8. The molecule has 5 aromatic rings. The van der Waals surface area contributed by atoms with E-state index < -0.39 is 5.97 Å². The lowest BCUT2D eigenvalue weighted by atomic mass is 9.92. The zero-order chi connectivity index (χ0) is 22.8. The topological polar surface area (TPSA) is 67.5 Å². The number of hydrogen-bond acceptors (Lipinski definition) is 3. The predicted molar refractivity (Wildman–Crippen MR) is 130 cm³/mol. The Morgan fingerprint density at radius 3 is 2.03 bits per heavy atom. The Labute approximate surface area is 190 Å². The molecule has 0 saturated heterocycles. The summed E-state index contributed by atoms with van der Waals surface area (Å²) in [6.07, 6.45) is -0.216. The number of carbonyl (C=O) groups is 1. The smallest absolute Gasteiger partial charge is 0.307 e. The molecule has 0 aliphatic carbocycles. The van der Waals surface area contributed by atoms with Gasteiger partial charge in [0, 0.05) is 17.2 Å². The second-order valence-corrected chi connectivity index (χ2v) is 7.83. The van der Waals surface area contributed by atoms with Crippen LogP contribution in [0.1, 0.15) is 5.56 Å². The van der Waals surface area contributed by atoms with Gasteiger partial charge in [0.05, 0.1) is 11.8 Å². The van der Waals surface area contributed by atoms with E-state index in [0.717, 1.165) is 27.8 Å². The molecule has 0 spiro atoms. The van der Waals surface area contributed by atoms with Crippen molar-refractivity contribution in [1.82, 2.24) is 0 Å². The molecule has 1 N–H and O–H groups in total. The van der Waals surface area contributed by atoms with Crippen molar-refractivity contribution in [2.24, 2.45) is 0 Å². The van der Waals surface area contributed by atoms with Crippen LogP contribution >= 0.6 is 0 Å². The number of carboxylic acid groups (broad SMARTS) is 1. The van der Waals surface area contributed by atoms with Crippen molar-refractivity contribution in [3.63, 3.8) is 0 Å². The minimum absolute atomic E-state index is 0.202. The van der Waals surface area contributed by atoms with Gasteiger partial charge in [-0.25, -0.2) is 0 Å². The molecule has 160 valence electrons. The predicted octanol–water partition coefficient (Wildman–Crippen LogP) is 6.42. The van der Waals surface area contributed by atoms with Crippen LogP contribution in [0, 0.1) is 0 Å². The zero-order valence-corrected chi connectivity index (χ0v) is 17.7. The van der Waals surface area contributed by atoms with Crippen LogP contribution in [0.2, 0.25) is 0 Å². The first kappa shape index (κ1) is 20.5. The number of benzene rings is 4. The highest BCUT2D eigenvalue weighted by atomic mass is 16.4. The highest BCUT2D eigenvalue weighted by Gasteiger charge is 2.15. The lowest BCUT2D eigenvalue weighted by molar-refractivity contribution is -0.136. The van der Waals surface area contributed by atoms with Crippen LogP contribution in [-0.4, -0.2) is 11.1 Å². The van der Waals surface area contributed by atoms with Gasteiger partial charge in [0.25, 0.3) is 0 Å². The third kappa shape index (κ3) is 4.06. The van der Waals surface area contributed by atoms with Gasteiger partial charge in [-0.05, 0) is 34.4 Å². The van der Waals surface area contributed by atoms with Crippen LogP contribution in [0.3, 0.4) is 0 Å². The maximum Gasteiger partial charge on any atom is 0.307 e. The average Bonchev–Trinajstić information content (AvgIpc) is 2.85. The van der Waals surface area contributed by atoms with E-state index in [9.17, 15) is 14.7 Å². The van der Waals surface area contributed by atoms with Crippen molar-refractivity contribution in [3.05, 3.63) is 119 Å². The zero-order valence-electron chi connectivity index (χ0n) is 17.7. The van der Waals surface area contributed by atoms with E-state index in [1.54, 1.807) is 18.2 Å². The molecule has 0 radical (unpaired) electrons. The lowest BCUT2D eigenvalue weighted by Gasteiger charge is -2.13. The molecule has 5 rings (SSSR count). The van der Waals surface area contributed by atoms with Gasteiger partial charge in [-0.1, -0.05) is 84.9 Å². The number of fused-ring (bicyclic) bond motifs is 1. The third-order valence-corrected chi connectivity index (χ3v) is 5.65. The van der Waals surface area contributed by atoms with Crippen LogP contribution in [0.25, 0.3) is 44.5 Å². The highest BCUT2D eigenvalue weighted by Crippen LogP contribution is 2.36. The first-order valence-corrected chi connectivity index (χ1v) is 10.6. The van der Waals surface area contributed by atoms with Crippen molar-refractivity contribution in [3.8, 4) is 33.6 Å². The van der Waals surface area contributed by atoms with Crippen molar-refractivity contribution in [2.75, 3.05) is 0 Å². The maximum atomic E-state index is 12.8. The minimum atomic E-state index is -0.978. The first-order valence-electron chi connectivity index (χ1n) is 10.6. The van der Waals surface area contributed by atoms with Crippen LogP contribution in [0.4, 0.5) is 0 Å². The van der Waals surface area contributed by atoms with Crippen LogP contribution in [-0.2, 0) is 11.2 Å². The fourth-order valence-corrected chi connectivity index (χ4v) is 4.10. The third-order valence-electron chi connectivity index (χ3n) is 5.65. The number of carboxylic acids is 1. The van der Waals surface area contributed by atoms with Gasteiger partial charge in [0.15, 0.2) is 5.43 Å². The number of aliphatic carboxylic acids is 1. The molecule has 0 bridgehead atoms. The molecule has 4 nitrogen and oxygen atoms in total. The standard InChI is InChI=1S/C29H20O4/c30-26-18-27(33-29-22(17-28(31)32)12-7-13-24(26)29)21-14-15-23(19-8-3-1-4-9-19)25(16-21)20-10-5-2-6-11-20/h1-16,18H,17H2,(H,31,32). The molecule has 0 atom stereocenters. The fourth-order valence-electron chi connectivity index (χ4n) is 4.10. The van der Waals surface area contributed by atoms with E-state index in [0.29, 0.717) is 22.3 Å². The molecule has 33 heavy (non-hydrogen) atoms. The van der Waals surface area contributed by atoms with Crippen molar-refractivity contribution in [2.45, 2.75) is 6.42 Å². The van der Waals surface area contributed by atoms with Crippen LogP contribution in [0.15, 0.2) is 112 Å². The van der Waals surface area contributed by atoms with Gasteiger partial charge in [-0.3, -0.25) is 9.59 Å². The van der Waals surface area contributed by atoms with Gasteiger partial charge in [0.2, 0.25) is 0 Å². The second kappa shape index (κ2) is 8.60. The Bertz CT molecular complexity index is 1520. The van der Waals surface area contributed by atoms with Crippen molar-refractivity contribution in [1.29, 1.82) is 0 Å². The summed E-state index contributed by atoms with van der Waals surface area (Å²) >= 11 is 0. The summed E-state index contributed by atoms with van der Waals surface area (Å²) in [5, 5.41) is 9.64. The number of para-hydroxylation sites is 1. The van der Waals surface area contributed by atoms with Crippen LogP contribution in [0.5, 0.6) is 0 Å². The molecule has 0 saturated carbocycles. The molecule has 4 aromatic carbocycles. The summed E-state index contributed by atoms with van der Waals surface area (Å²) in [6.45, 7) is 0. The molecular weight excluding hydrogens is 412 g/mol. The molecule has 0 unspecified atom stereocenters. The van der Waals surface area contributed by atoms with E-state index >= 15 is 0 Å². The monoisotopic (exact) mass is 432 g/mol. The molecular formula is C29H20O4. The Morgan fingerprint density at radius 2 is 1.36 bits per heavy atom. The van der Waals surface area contributed by atoms with E-state index in [4.69, 9.17) is 4.42 Å². The Hall–Kier alpha value is -4.44. The van der Waals surface area contributed by atoms with E-state index in [1.807, 2.05) is 66.7 Å². The Balaban J connectivity index is 1.72. The number of hydrogen-bond donors (Lipinski definition) is 1. The van der Waals surface area contributed by atoms with Crippen LogP contribution < -0.4 is 5.43 Å². The SMILES string of the molecule is O=C(O)Cc1cccc2c(=O)cc(-c3ccc(-c4ccccc4)c(-c4ccccc4)c3)oc12. The number of rotatable bonds is 5. The Kier molecular flexibility index (Phi) is 5.33. The molecule has 0 fully saturated rings. The molecule has 1 heterocycles. The van der Waals surface area contributed by atoms with Crippen molar-refractivity contribution < 1.29 is 14.3 Å². The van der Waals surface area contributed by atoms with Gasteiger partial charge in [-0.2, -0.15) is 0 Å². The van der Waals surface area contributed by atoms with E-state index in [-0.39, 0.29) is 11.8 Å². The molecule has 0 aliphatic rings. The van der Waals surface area contributed by atoms with E-state index in [2.05, 4.69) is 12.1 Å². The summed E-state index contributed by atoms with van der Waals surface area (Å²) < 4.78 is 6.13. The molecule has 0 amide bonds. The van der Waals surface area contributed by atoms with Crippen molar-refractivity contribution >= 4 is 16.9 Å². The quantitative estimate of drug-likeness (QED) is 0.348. The largest absolute Gasteiger partial charge is 0.481 e.